The Morgan fingerprint density at radius 2 is 1.92 bits per heavy atom. The minimum atomic E-state index is -0.0495. The summed E-state index contributed by atoms with van der Waals surface area (Å²) in [4.78, 5) is 12.4. The minimum absolute atomic E-state index is 0.0495. The highest BCUT2D eigenvalue weighted by atomic mass is 16.1. The Labute approximate surface area is 143 Å². The third kappa shape index (κ3) is 2.99. The Morgan fingerprint density at radius 3 is 2.68 bits per heavy atom. The zero-order valence-electron chi connectivity index (χ0n) is 13.6. The van der Waals surface area contributed by atoms with Gasteiger partial charge in [-0.15, -0.1) is 5.10 Å². The molecule has 0 saturated carbocycles. The first-order chi connectivity index (χ1) is 12.2. The number of fused-ring (bicyclic) bond motifs is 1. The average Bonchev–Trinajstić information content (AvgIpc) is 3.25. The number of aromatic nitrogens is 5. The fourth-order valence-electron chi connectivity index (χ4n) is 2.92. The predicted molar refractivity (Wildman–Crippen MR) is 94.4 cm³/mol. The second-order valence-electron chi connectivity index (χ2n) is 5.81. The van der Waals surface area contributed by atoms with E-state index < -0.39 is 0 Å². The Kier molecular flexibility index (Phi) is 3.74. The molecule has 0 bridgehead atoms. The van der Waals surface area contributed by atoms with Crippen LogP contribution in [0.4, 0.5) is 5.69 Å². The first-order valence-electron chi connectivity index (χ1n) is 7.87. The van der Waals surface area contributed by atoms with Gasteiger partial charge in [-0.3, -0.25) is 4.79 Å². The summed E-state index contributed by atoms with van der Waals surface area (Å²) < 4.78 is 3.60. The number of carbonyl (C=O) groups excluding carboxylic acids is 1. The van der Waals surface area contributed by atoms with Gasteiger partial charge < -0.3 is 9.88 Å². The van der Waals surface area contributed by atoms with E-state index in [1.165, 1.54) is 6.33 Å². The lowest BCUT2D eigenvalue weighted by molar-refractivity contribution is -0.115. The second kappa shape index (κ2) is 6.20. The molecule has 2 heterocycles. The fraction of sp³-hybridized carbons (Fsp3) is 0.111. The van der Waals surface area contributed by atoms with Gasteiger partial charge in [0.05, 0.1) is 12.1 Å². The Hall–Kier alpha value is -3.48. The molecular weight excluding hydrogens is 316 g/mol. The number of hydrogen-bond donors (Lipinski definition) is 1. The van der Waals surface area contributed by atoms with Gasteiger partial charge in [-0.2, -0.15) is 0 Å². The maximum atomic E-state index is 12.4. The number of aryl methyl sites for hydroxylation is 1. The number of tetrazole rings is 1. The van der Waals surface area contributed by atoms with E-state index in [1.807, 2.05) is 60.3 Å². The van der Waals surface area contributed by atoms with Gasteiger partial charge in [0.15, 0.2) is 0 Å². The lowest BCUT2D eigenvalue weighted by Crippen LogP contribution is -2.14. The van der Waals surface area contributed by atoms with Crippen LogP contribution in [0.2, 0.25) is 0 Å². The summed E-state index contributed by atoms with van der Waals surface area (Å²) in [6.07, 6.45) is 3.86. The van der Waals surface area contributed by atoms with Gasteiger partial charge in [0, 0.05) is 29.8 Å². The molecule has 2 aromatic carbocycles. The maximum absolute atomic E-state index is 12.4. The number of amides is 1. The fourth-order valence-corrected chi connectivity index (χ4v) is 2.92. The van der Waals surface area contributed by atoms with Crippen molar-refractivity contribution >= 4 is 22.5 Å². The minimum Gasteiger partial charge on any atom is -0.350 e. The third-order valence-corrected chi connectivity index (χ3v) is 4.10. The summed E-state index contributed by atoms with van der Waals surface area (Å²) in [6.45, 7) is 0. The molecule has 0 unspecified atom stereocenters. The van der Waals surface area contributed by atoms with E-state index in [0.29, 0.717) is 6.42 Å². The molecule has 25 heavy (non-hydrogen) atoms. The van der Waals surface area contributed by atoms with Crippen molar-refractivity contribution in [1.29, 1.82) is 0 Å². The lowest BCUT2D eigenvalue weighted by Gasteiger charge is -2.06. The van der Waals surface area contributed by atoms with Gasteiger partial charge in [0.2, 0.25) is 5.91 Å². The zero-order valence-corrected chi connectivity index (χ0v) is 13.6. The standard InChI is InChI=1S/C18H16N6O/c1-23-11-13(16-4-2-3-5-17(16)23)10-18(25)20-14-6-8-15(9-7-14)24-12-19-21-22-24/h2-9,11-12H,10H2,1H3,(H,20,25). The van der Waals surface area contributed by atoms with Crippen LogP contribution in [0.1, 0.15) is 5.56 Å². The smallest absolute Gasteiger partial charge is 0.228 e. The van der Waals surface area contributed by atoms with Crippen LogP contribution < -0.4 is 5.32 Å². The topological polar surface area (TPSA) is 77.6 Å². The highest BCUT2D eigenvalue weighted by Crippen LogP contribution is 2.21. The largest absolute Gasteiger partial charge is 0.350 e. The molecule has 4 rings (SSSR count). The summed E-state index contributed by atoms with van der Waals surface area (Å²) in [6, 6.07) is 15.4. The monoisotopic (exact) mass is 332 g/mol. The Balaban J connectivity index is 1.48. The molecule has 7 nitrogen and oxygen atoms in total. The third-order valence-electron chi connectivity index (χ3n) is 4.10. The van der Waals surface area contributed by atoms with Crippen LogP contribution in [0, 0.1) is 0 Å². The van der Waals surface area contributed by atoms with Crippen LogP contribution in [0.25, 0.3) is 16.6 Å². The SMILES string of the molecule is Cn1cc(CC(=O)Nc2ccc(-n3cnnn3)cc2)c2ccccc21. The molecule has 124 valence electrons. The van der Waals surface area contributed by atoms with Crippen molar-refractivity contribution in [3.05, 3.63) is 66.6 Å². The molecule has 0 aliphatic rings. The molecule has 0 radical (unpaired) electrons. The van der Waals surface area contributed by atoms with E-state index in [9.17, 15) is 4.79 Å². The van der Waals surface area contributed by atoms with Crippen molar-refractivity contribution in [2.75, 3.05) is 5.32 Å². The van der Waals surface area contributed by atoms with Crippen molar-refractivity contribution in [3.8, 4) is 5.69 Å². The zero-order chi connectivity index (χ0) is 17.2. The summed E-state index contributed by atoms with van der Waals surface area (Å²) in [5.41, 5.74) is 3.70. The van der Waals surface area contributed by atoms with E-state index in [2.05, 4.69) is 26.9 Å². The summed E-state index contributed by atoms with van der Waals surface area (Å²) >= 11 is 0. The number of nitrogens with zero attached hydrogens (tertiary/aromatic N) is 5. The van der Waals surface area contributed by atoms with Crippen LogP contribution in [0.15, 0.2) is 61.1 Å². The van der Waals surface area contributed by atoms with Crippen molar-refractivity contribution in [2.24, 2.45) is 7.05 Å². The van der Waals surface area contributed by atoms with Crippen LogP contribution >= 0.6 is 0 Å². The number of para-hydroxylation sites is 1. The number of rotatable bonds is 4. The van der Waals surface area contributed by atoms with E-state index in [1.54, 1.807) is 4.68 Å². The molecule has 0 aliphatic carbocycles. The van der Waals surface area contributed by atoms with Gasteiger partial charge in [-0.25, -0.2) is 4.68 Å². The molecule has 2 aromatic heterocycles. The molecule has 1 amide bonds. The molecule has 1 N–H and O–H groups in total. The van der Waals surface area contributed by atoms with Gasteiger partial charge in [0.1, 0.15) is 6.33 Å². The van der Waals surface area contributed by atoms with Gasteiger partial charge in [-0.1, -0.05) is 18.2 Å². The van der Waals surface area contributed by atoms with Crippen molar-refractivity contribution in [2.45, 2.75) is 6.42 Å². The van der Waals surface area contributed by atoms with Crippen LogP contribution in [0.3, 0.4) is 0 Å². The van der Waals surface area contributed by atoms with Crippen molar-refractivity contribution in [1.82, 2.24) is 24.8 Å². The number of carbonyl (C=O) groups is 1. The molecule has 4 aromatic rings. The van der Waals surface area contributed by atoms with E-state index in [-0.39, 0.29) is 5.91 Å². The molecule has 0 aliphatic heterocycles. The van der Waals surface area contributed by atoms with E-state index in [4.69, 9.17) is 0 Å². The number of nitrogens with one attached hydrogen (secondary N) is 1. The first-order valence-corrected chi connectivity index (χ1v) is 7.87. The molecule has 0 atom stereocenters. The molecule has 7 heteroatoms. The van der Waals surface area contributed by atoms with Crippen LogP contribution in [0.5, 0.6) is 0 Å². The molecule has 0 saturated heterocycles. The quantitative estimate of drug-likeness (QED) is 0.622. The normalized spacial score (nSPS) is 10.9. The Bertz CT molecular complexity index is 1020. The number of hydrogen-bond acceptors (Lipinski definition) is 4. The first kappa shape index (κ1) is 15.1. The summed E-state index contributed by atoms with van der Waals surface area (Å²) in [5, 5.41) is 15.1. The number of anilines is 1. The second-order valence-corrected chi connectivity index (χ2v) is 5.81. The number of benzene rings is 2. The molecular formula is C18H16N6O. The lowest BCUT2D eigenvalue weighted by atomic mass is 10.1. The van der Waals surface area contributed by atoms with Crippen molar-refractivity contribution in [3.63, 3.8) is 0 Å². The highest BCUT2D eigenvalue weighted by Gasteiger charge is 2.10. The van der Waals surface area contributed by atoms with E-state index in [0.717, 1.165) is 27.8 Å². The van der Waals surface area contributed by atoms with Crippen LogP contribution in [-0.2, 0) is 18.3 Å². The van der Waals surface area contributed by atoms with E-state index >= 15 is 0 Å². The summed E-state index contributed by atoms with van der Waals surface area (Å²) in [5.74, 6) is -0.0495. The predicted octanol–water partition coefficient (Wildman–Crippen LogP) is 2.34. The van der Waals surface area contributed by atoms with Crippen molar-refractivity contribution < 1.29 is 4.79 Å². The Morgan fingerprint density at radius 1 is 1.12 bits per heavy atom. The summed E-state index contributed by atoms with van der Waals surface area (Å²) in [7, 11) is 1.99. The van der Waals surface area contributed by atoms with Gasteiger partial charge in [0.25, 0.3) is 0 Å². The maximum Gasteiger partial charge on any atom is 0.228 e. The molecule has 0 fully saturated rings. The average molecular weight is 332 g/mol. The molecule has 0 spiro atoms. The van der Waals surface area contributed by atoms with Crippen LogP contribution in [-0.4, -0.2) is 30.7 Å². The van der Waals surface area contributed by atoms with Gasteiger partial charge in [-0.05, 0) is 46.3 Å². The highest BCUT2D eigenvalue weighted by molar-refractivity contribution is 5.96. The van der Waals surface area contributed by atoms with Gasteiger partial charge >= 0.3 is 0 Å².